The Balaban J connectivity index is 1.60. The first kappa shape index (κ1) is 18.9. The summed E-state index contributed by atoms with van der Waals surface area (Å²) in [6.45, 7) is 3.04. The van der Waals surface area contributed by atoms with Crippen LogP contribution in [0.3, 0.4) is 0 Å². The lowest BCUT2D eigenvalue weighted by molar-refractivity contribution is -0.116. The molecule has 5 rings (SSSR count). The lowest BCUT2D eigenvalue weighted by Gasteiger charge is -2.29. The molecule has 7 nitrogen and oxygen atoms in total. The van der Waals surface area contributed by atoms with Crippen LogP contribution in [-0.2, 0) is 9.53 Å². The minimum atomic E-state index is 0.0376. The van der Waals surface area contributed by atoms with E-state index in [0.29, 0.717) is 31.4 Å². The van der Waals surface area contributed by atoms with Gasteiger partial charge in [-0.05, 0) is 55.2 Å². The zero-order valence-corrected chi connectivity index (χ0v) is 17.1. The third-order valence-corrected chi connectivity index (χ3v) is 5.78. The Kier molecular flexibility index (Phi) is 5.04. The number of rotatable bonds is 6. The summed E-state index contributed by atoms with van der Waals surface area (Å²) < 4.78 is 12.7. The summed E-state index contributed by atoms with van der Waals surface area (Å²) in [5, 5.41) is 8.89. The number of carbonyl (C=O) groups is 1. The number of nitrogens with zero attached hydrogens (tertiary/aromatic N) is 3. The van der Waals surface area contributed by atoms with Gasteiger partial charge in [0.05, 0.1) is 42.6 Å². The number of morpholine rings is 1. The van der Waals surface area contributed by atoms with E-state index in [1.807, 2.05) is 41.1 Å². The van der Waals surface area contributed by atoms with Gasteiger partial charge in [-0.3, -0.25) is 4.79 Å². The Morgan fingerprint density at radius 2 is 1.93 bits per heavy atom. The second kappa shape index (κ2) is 7.99. The monoisotopic (exact) mass is 406 g/mol. The van der Waals surface area contributed by atoms with Crippen LogP contribution in [0.15, 0.2) is 42.5 Å². The van der Waals surface area contributed by atoms with Gasteiger partial charge in [0.1, 0.15) is 5.75 Å². The average Bonchev–Trinajstić information content (AvgIpc) is 3.53. The number of amides is 1. The molecule has 0 radical (unpaired) electrons. The number of anilines is 2. The molecule has 30 heavy (non-hydrogen) atoms. The van der Waals surface area contributed by atoms with E-state index in [1.165, 1.54) is 0 Å². The van der Waals surface area contributed by atoms with Crippen molar-refractivity contribution in [2.75, 3.05) is 43.6 Å². The first-order valence-electron chi connectivity index (χ1n) is 10.5. The maximum absolute atomic E-state index is 12.6. The molecule has 0 unspecified atom stereocenters. The maximum atomic E-state index is 12.6. The molecule has 2 aliphatic rings. The fourth-order valence-electron chi connectivity index (χ4n) is 3.99. The quantitative estimate of drug-likeness (QED) is 0.677. The van der Waals surface area contributed by atoms with E-state index in [4.69, 9.17) is 14.6 Å². The van der Waals surface area contributed by atoms with Crippen molar-refractivity contribution in [1.82, 2.24) is 9.78 Å². The van der Waals surface area contributed by atoms with Crippen molar-refractivity contribution in [1.29, 1.82) is 0 Å². The summed E-state index contributed by atoms with van der Waals surface area (Å²) in [5.74, 6) is 1.98. The normalized spacial score (nSPS) is 16.6. The molecule has 0 spiro atoms. The predicted octanol–water partition coefficient (Wildman–Crippen LogP) is 3.61. The highest BCUT2D eigenvalue weighted by Crippen LogP contribution is 2.36. The molecular weight excluding hydrogens is 380 g/mol. The Morgan fingerprint density at radius 3 is 2.63 bits per heavy atom. The smallest absolute Gasteiger partial charge is 0.225 e. The van der Waals surface area contributed by atoms with Crippen molar-refractivity contribution in [2.24, 2.45) is 5.92 Å². The second-order valence-electron chi connectivity index (χ2n) is 7.92. The average molecular weight is 406 g/mol. The summed E-state index contributed by atoms with van der Waals surface area (Å²) in [7, 11) is 1.65. The molecule has 1 saturated carbocycles. The van der Waals surface area contributed by atoms with E-state index in [2.05, 4.69) is 16.3 Å². The highest BCUT2D eigenvalue weighted by Gasteiger charge is 2.26. The van der Waals surface area contributed by atoms with E-state index in [1.54, 1.807) is 7.11 Å². The molecule has 2 fully saturated rings. The van der Waals surface area contributed by atoms with Gasteiger partial charge >= 0.3 is 0 Å². The molecule has 1 amide bonds. The van der Waals surface area contributed by atoms with Gasteiger partial charge in [0.25, 0.3) is 0 Å². The molecule has 2 heterocycles. The fraction of sp³-hybridized carbons (Fsp3) is 0.391. The van der Waals surface area contributed by atoms with Crippen molar-refractivity contribution in [3.8, 4) is 11.4 Å². The predicted molar refractivity (Wildman–Crippen MR) is 117 cm³/mol. The van der Waals surface area contributed by atoms with Gasteiger partial charge in [-0.25, -0.2) is 4.68 Å². The summed E-state index contributed by atoms with van der Waals surface area (Å²) >= 11 is 0. The van der Waals surface area contributed by atoms with Gasteiger partial charge in [0, 0.05) is 19.5 Å². The molecule has 3 aromatic rings. The van der Waals surface area contributed by atoms with Gasteiger partial charge in [-0.2, -0.15) is 0 Å². The van der Waals surface area contributed by atoms with Crippen LogP contribution in [0.4, 0.5) is 11.5 Å². The van der Waals surface area contributed by atoms with Crippen LogP contribution in [-0.4, -0.2) is 49.1 Å². The number of nitrogens with one attached hydrogen (secondary N) is 1. The number of aromatic nitrogens is 2. The molecule has 1 saturated heterocycles. The van der Waals surface area contributed by atoms with E-state index >= 15 is 0 Å². The van der Waals surface area contributed by atoms with Gasteiger partial charge in [-0.1, -0.05) is 6.07 Å². The van der Waals surface area contributed by atoms with Gasteiger partial charge in [0.15, 0.2) is 5.82 Å². The number of fused-ring (bicyclic) bond motifs is 1. The number of hydrogen-bond donors (Lipinski definition) is 1. The Bertz CT molecular complexity index is 1050. The third kappa shape index (κ3) is 3.73. The molecular formula is C23H26N4O3. The zero-order chi connectivity index (χ0) is 20.5. The topological polar surface area (TPSA) is 68.6 Å². The minimum absolute atomic E-state index is 0.0376. The van der Waals surface area contributed by atoms with Crippen LogP contribution >= 0.6 is 0 Å². The maximum Gasteiger partial charge on any atom is 0.225 e. The number of benzene rings is 2. The van der Waals surface area contributed by atoms with Crippen LogP contribution in [0.25, 0.3) is 16.6 Å². The van der Waals surface area contributed by atoms with Crippen molar-refractivity contribution in [3.63, 3.8) is 0 Å². The first-order valence-corrected chi connectivity index (χ1v) is 10.5. The largest absolute Gasteiger partial charge is 0.497 e. The third-order valence-electron chi connectivity index (χ3n) is 5.78. The van der Waals surface area contributed by atoms with Gasteiger partial charge < -0.3 is 19.7 Å². The standard InChI is InChI=1S/C23H26N4O3/c1-29-18-9-7-17(8-10-18)27-20-4-2-3-19(26-11-13-30-14-12-26)22(20)23(25-27)24-21(28)15-16-5-6-16/h2-4,7-10,16H,5-6,11-15H2,1H3,(H,24,25,28). The first-order chi connectivity index (χ1) is 14.7. The summed E-state index contributed by atoms with van der Waals surface area (Å²) in [6.07, 6.45) is 2.86. The van der Waals surface area contributed by atoms with Crippen molar-refractivity contribution >= 4 is 28.3 Å². The minimum Gasteiger partial charge on any atom is -0.497 e. The Morgan fingerprint density at radius 1 is 1.17 bits per heavy atom. The number of hydrogen-bond acceptors (Lipinski definition) is 5. The molecule has 1 aliphatic heterocycles. The summed E-state index contributed by atoms with van der Waals surface area (Å²) in [5.41, 5.74) is 2.96. The highest BCUT2D eigenvalue weighted by atomic mass is 16.5. The van der Waals surface area contributed by atoms with E-state index < -0.39 is 0 Å². The van der Waals surface area contributed by atoms with Crippen LogP contribution < -0.4 is 15.0 Å². The second-order valence-corrected chi connectivity index (χ2v) is 7.92. The van der Waals surface area contributed by atoms with Crippen LogP contribution in [0.1, 0.15) is 19.3 Å². The van der Waals surface area contributed by atoms with Crippen LogP contribution in [0, 0.1) is 5.92 Å². The van der Waals surface area contributed by atoms with Gasteiger partial charge in [-0.15, -0.1) is 5.10 Å². The Labute approximate surface area is 175 Å². The number of carbonyl (C=O) groups excluding carboxylic acids is 1. The van der Waals surface area contributed by atoms with E-state index in [-0.39, 0.29) is 5.91 Å². The van der Waals surface area contributed by atoms with Crippen molar-refractivity contribution < 1.29 is 14.3 Å². The summed E-state index contributed by atoms with van der Waals surface area (Å²) in [4.78, 5) is 14.9. The van der Waals surface area contributed by atoms with Gasteiger partial charge in [0.2, 0.25) is 5.91 Å². The zero-order valence-electron chi connectivity index (χ0n) is 17.1. The lowest BCUT2D eigenvalue weighted by Crippen LogP contribution is -2.36. The summed E-state index contributed by atoms with van der Waals surface area (Å²) in [6, 6.07) is 14.0. The van der Waals surface area contributed by atoms with E-state index in [0.717, 1.165) is 54.0 Å². The molecule has 1 N–H and O–H groups in total. The SMILES string of the molecule is COc1ccc(-n2nc(NC(=O)CC3CC3)c3c(N4CCOCC4)cccc32)cc1. The lowest BCUT2D eigenvalue weighted by atomic mass is 10.1. The number of methoxy groups -OCH3 is 1. The molecule has 156 valence electrons. The molecule has 2 aromatic carbocycles. The number of ether oxygens (including phenoxy) is 2. The molecule has 7 heteroatoms. The van der Waals surface area contributed by atoms with Crippen molar-refractivity contribution in [2.45, 2.75) is 19.3 Å². The molecule has 0 bridgehead atoms. The highest BCUT2D eigenvalue weighted by molar-refractivity contribution is 6.06. The molecule has 0 atom stereocenters. The Hall–Kier alpha value is -3.06. The molecule has 1 aromatic heterocycles. The fourth-order valence-corrected chi connectivity index (χ4v) is 3.99. The van der Waals surface area contributed by atoms with Crippen LogP contribution in [0.2, 0.25) is 0 Å². The van der Waals surface area contributed by atoms with Crippen molar-refractivity contribution in [3.05, 3.63) is 42.5 Å². The van der Waals surface area contributed by atoms with Crippen LogP contribution in [0.5, 0.6) is 5.75 Å². The van der Waals surface area contributed by atoms with E-state index in [9.17, 15) is 4.79 Å². The molecule has 1 aliphatic carbocycles.